The number of nitrogens with zero attached hydrogens (tertiary/aromatic N) is 1. The zero-order chi connectivity index (χ0) is 11.8. The normalized spacial score (nSPS) is 9.56. The fourth-order valence-corrected chi connectivity index (χ4v) is 1.23. The fraction of sp³-hybridized carbons (Fsp3) is 0.417. The molecule has 0 fully saturated rings. The molecule has 0 N–H and O–H groups in total. The van der Waals surface area contributed by atoms with Crippen LogP contribution in [0.25, 0.3) is 0 Å². The van der Waals surface area contributed by atoms with Gasteiger partial charge in [0.05, 0.1) is 19.3 Å². The molecule has 0 aliphatic carbocycles. The van der Waals surface area contributed by atoms with E-state index in [1.807, 2.05) is 6.92 Å². The molecule has 0 atom stereocenters. The van der Waals surface area contributed by atoms with Crippen LogP contribution in [0, 0.1) is 11.3 Å². The van der Waals surface area contributed by atoms with Crippen molar-refractivity contribution in [3.8, 4) is 17.6 Å². The van der Waals surface area contributed by atoms with Gasteiger partial charge in [-0.05, 0) is 19.1 Å². The maximum absolute atomic E-state index is 8.87. The number of nitriles is 1. The van der Waals surface area contributed by atoms with Crippen LogP contribution >= 0.6 is 0 Å². The van der Waals surface area contributed by atoms with E-state index >= 15 is 0 Å². The molecule has 0 aliphatic heterocycles. The Morgan fingerprint density at radius 1 is 1.31 bits per heavy atom. The summed E-state index contributed by atoms with van der Waals surface area (Å²) in [6, 6.07) is 7.20. The maximum atomic E-state index is 8.87. The molecular formula is C12H15NO3. The number of rotatable bonds is 6. The standard InChI is InChI=1S/C12H15NO3/c1-3-15-6-7-16-11-4-5-12(14-2)10(8-11)9-13/h4-5,8H,3,6-7H2,1-2H3. The van der Waals surface area contributed by atoms with Gasteiger partial charge in [-0.15, -0.1) is 0 Å². The summed E-state index contributed by atoms with van der Waals surface area (Å²) in [6.07, 6.45) is 0. The molecule has 1 aromatic rings. The lowest BCUT2D eigenvalue weighted by Gasteiger charge is -2.08. The Labute approximate surface area is 95.4 Å². The minimum atomic E-state index is 0.469. The third-order valence-electron chi connectivity index (χ3n) is 1.99. The number of hydrogen-bond acceptors (Lipinski definition) is 4. The first-order valence-corrected chi connectivity index (χ1v) is 5.10. The van der Waals surface area contributed by atoms with Crippen LogP contribution in [0.15, 0.2) is 18.2 Å². The van der Waals surface area contributed by atoms with Gasteiger partial charge in [-0.1, -0.05) is 0 Å². The van der Waals surface area contributed by atoms with Crippen LogP contribution in [-0.2, 0) is 4.74 Å². The summed E-state index contributed by atoms with van der Waals surface area (Å²) in [6.45, 7) is 3.63. The van der Waals surface area contributed by atoms with Gasteiger partial charge in [0.15, 0.2) is 0 Å². The Hall–Kier alpha value is -1.73. The molecule has 1 aromatic carbocycles. The molecule has 4 heteroatoms. The third kappa shape index (κ3) is 3.44. The molecule has 0 saturated carbocycles. The van der Waals surface area contributed by atoms with Gasteiger partial charge in [0.1, 0.15) is 24.2 Å². The van der Waals surface area contributed by atoms with E-state index in [9.17, 15) is 0 Å². The second-order valence-corrected chi connectivity index (χ2v) is 3.02. The molecule has 0 heterocycles. The molecule has 0 unspecified atom stereocenters. The summed E-state index contributed by atoms with van der Waals surface area (Å²) in [4.78, 5) is 0. The van der Waals surface area contributed by atoms with Crippen molar-refractivity contribution in [2.45, 2.75) is 6.92 Å². The lowest BCUT2D eigenvalue weighted by atomic mass is 10.2. The summed E-state index contributed by atoms with van der Waals surface area (Å²) >= 11 is 0. The van der Waals surface area contributed by atoms with Crippen molar-refractivity contribution in [2.75, 3.05) is 26.9 Å². The molecule has 0 amide bonds. The third-order valence-corrected chi connectivity index (χ3v) is 1.99. The second-order valence-electron chi connectivity index (χ2n) is 3.02. The van der Waals surface area contributed by atoms with Gasteiger partial charge in [0.2, 0.25) is 0 Å². The van der Waals surface area contributed by atoms with Crippen molar-refractivity contribution >= 4 is 0 Å². The van der Waals surface area contributed by atoms with Crippen LogP contribution in [-0.4, -0.2) is 26.9 Å². The Morgan fingerprint density at radius 3 is 2.75 bits per heavy atom. The Kier molecular flexibility index (Phi) is 5.17. The molecule has 0 aromatic heterocycles. The van der Waals surface area contributed by atoms with Gasteiger partial charge in [0.25, 0.3) is 0 Å². The van der Waals surface area contributed by atoms with Gasteiger partial charge in [-0.2, -0.15) is 5.26 Å². The predicted octanol–water partition coefficient (Wildman–Crippen LogP) is 1.98. The summed E-state index contributed by atoms with van der Waals surface area (Å²) in [5, 5.41) is 8.87. The van der Waals surface area contributed by atoms with E-state index in [-0.39, 0.29) is 0 Å². The summed E-state index contributed by atoms with van der Waals surface area (Å²) < 4.78 is 15.6. The minimum Gasteiger partial charge on any atom is -0.495 e. The molecule has 0 spiro atoms. The van der Waals surface area contributed by atoms with Crippen molar-refractivity contribution in [2.24, 2.45) is 0 Å². The van der Waals surface area contributed by atoms with Gasteiger partial charge >= 0.3 is 0 Å². The van der Waals surface area contributed by atoms with Gasteiger partial charge in [0, 0.05) is 12.7 Å². The van der Waals surface area contributed by atoms with E-state index < -0.39 is 0 Å². The first-order valence-electron chi connectivity index (χ1n) is 5.10. The van der Waals surface area contributed by atoms with Crippen LogP contribution in [0.4, 0.5) is 0 Å². The quantitative estimate of drug-likeness (QED) is 0.689. The molecule has 0 saturated heterocycles. The van der Waals surface area contributed by atoms with E-state index in [2.05, 4.69) is 6.07 Å². The largest absolute Gasteiger partial charge is 0.495 e. The maximum Gasteiger partial charge on any atom is 0.136 e. The number of ether oxygens (including phenoxy) is 3. The van der Waals surface area contributed by atoms with Crippen LogP contribution in [0.5, 0.6) is 11.5 Å². The van der Waals surface area contributed by atoms with Crippen LogP contribution < -0.4 is 9.47 Å². The molecule has 0 bridgehead atoms. The van der Waals surface area contributed by atoms with E-state index in [0.717, 1.165) is 0 Å². The van der Waals surface area contributed by atoms with Gasteiger partial charge < -0.3 is 14.2 Å². The summed E-state index contributed by atoms with van der Waals surface area (Å²) in [5.41, 5.74) is 0.469. The zero-order valence-corrected chi connectivity index (χ0v) is 9.53. The SMILES string of the molecule is CCOCCOc1ccc(OC)c(C#N)c1. The molecule has 4 nitrogen and oxygen atoms in total. The molecule has 16 heavy (non-hydrogen) atoms. The number of methoxy groups -OCH3 is 1. The smallest absolute Gasteiger partial charge is 0.136 e. The van der Waals surface area contributed by atoms with Crippen LogP contribution in [0.3, 0.4) is 0 Å². The summed E-state index contributed by atoms with van der Waals surface area (Å²) in [5.74, 6) is 1.21. The van der Waals surface area contributed by atoms with Crippen molar-refractivity contribution in [1.82, 2.24) is 0 Å². The van der Waals surface area contributed by atoms with Crippen molar-refractivity contribution in [1.29, 1.82) is 5.26 Å². The van der Waals surface area contributed by atoms with Crippen molar-refractivity contribution in [3.05, 3.63) is 23.8 Å². The highest BCUT2D eigenvalue weighted by Crippen LogP contribution is 2.22. The van der Waals surface area contributed by atoms with Crippen molar-refractivity contribution < 1.29 is 14.2 Å². The molecule has 0 aliphatic rings. The minimum absolute atomic E-state index is 0.469. The Bertz CT molecular complexity index is 371. The predicted molar refractivity (Wildman–Crippen MR) is 59.7 cm³/mol. The van der Waals surface area contributed by atoms with E-state index in [0.29, 0.717) is 36.9 Å². The summed E-state index contributed by atoms with van der Waals surface area (Å²) in [7, 11) is 1.53. The van der Waals surface area contributed by atoms with Gasteiger partial charge in [-0.3, -0.25) is 0 Å². The fourth-order valence-electron chi connectivity index (χ4n) is 1.23. The average Bonchev–Trinajstić information content (AvgIpc) is 2.34. The average molecular weight is 221 g/mol. The molecule has 0 radical (unpaired) electrons. The van der Waals surface area contributed by atoms with Gasteiger partial charge in [-0.25, -0.2) is 0 Å². The Morgan fingerprint density at radius 2 is 2.12 bits per heavy atom. The Balaban J connectivity index is 2.58. The topological polar surface area (TPSA) is 51.5 Å². The zero-order valence-electron chi connectivity index (χ0n) is 9.53. The molecule has 86 valence electrons. The highest BCUT2D eigenvalue weighted by Gasteiger charge is 2.03. The number of benzene rings is 1. The molecule has 1 rings (SSSR count). The monoisotopic (exact) mass is 221 g/mol. The van der Waals surface area contributed by atoms with Crippen LogP contribution in [0.1, 0.15) is 12.5 Å². The lowest BCUT2D eigenvalue weighted by molar-refractivity contribution is 0.110. The highest BCUT2D eigenvalue weighted by molar-refractivity contribution is 5.47. The number of hydrogen-bond donors (Lipinski definition) is 0. The second kappa shape index (κ2) is 6.70. The van der Waals surface area contributed by atoms with E-state index in [4.69, 9.17) is 19.5 Å². The van der Waals surface area contributed by atoms with E-state index in [1.165, 1.54) is 7.11 Å². The highest BCUT2D eigenvalue weighted by atomic mass is 16.5. The molecular weight excluding hydrogens is 206 g/mol. The first-order chi connectivity index (χ1) is 7.81. The lowest BCUT2D eigenvalue weighted by Crippen LogP contribution is -2.06. The van der Waals surface area contributed by atoms with Crippen molar-refractivity contribution in [3.63, 3.8) is 0 Å². The van der Waals surface area contributed by atoms with Crippen LogP contribution in [0.2, 0.25) is 0 Å². The van der Waals surface area contributed by atoms with E-state index in [1.54, 1.807) is 18.2 Å². The first kappa shape index (κ1) is 12.3.